The SMILES string of the molecule is CNCC(CCCOCC(F)(F)F)Cc1ccccc1C. The molecular formula is C16H24F3NO. The van der Waals surface area contributed by atoms with E-state index in [2.05, 4.69) is 29.1 Å². The van der Waals surface area contributed by atoms with Crippen molar-refractivity contribution in [3.8, 4) is 0 Å². The molecule has 0 aliphatic rings. The Hall–Kier alpha value is -1.07. The molecule has 0 radical (unpaired) electrons. The number of nitrogens with one attached hydrogen (secondary N) is 1. The molecule has 0 fully saturated rings. The highest BCUT2D eigenvalue weighted by Crippen LogP contribution is 2.18. The Kier molecular flexibility index (Phi) is 7.75. The van der Waals surface area contributed by atoms with Crippen LogP contribution in [0.4, 0.5) is 13.2 Å². The standard InChI is InChI=1S/C16H24F3NO/c1-13-6-3-4-8-15(13)10-14(11-20-2)7-5-9-21-12-16(17,18)19/h3-4,6,8,14,20H,5,7,9-12H2,1-2H3. The first-order chi connectivity index (χ1) is 9.92. The molecule has 1 aromatic rings. The van der Waals surface area contributed by atoms with Crippen molar-refractivity contribution in [1.29, 1.82) is 0 Å². The summed E-state index contributed by atoms with van der Waals surface area (Å²) in [6.45, 7) is 1.95. The highest BCUT2D eigenvalue weighted by Gasteiger charge is 2.27. The van der Waals surface area contributed by atoms with E-state index in [9.17, 15) is 13.2 Å². The van der Waals surface area contributed by atoms with Gasteiger partial charge in [0.15, 0.2) is 0 Å². The van der Waals surface area contributed by atoms with Crippen molar-refractivity contribution in [2.45, 2.75) is 32.4 Å². The predicted molar refractivity (Wildman–Crippen MR) is 78.4 cm³/mol. The minimum Gasteiger partial charge on any atom is -0.372 e. The summed E-state index contributed by atoms with van der Waals surface area (Å²) >= 11 is 0. The Morgan fingerprint density at radius 3 is 2.57 bits per heavy atom. The molecule has 1 N–H and O–H groups in total. The summed E-state index contributed by atoms with van der Waals surface area (Å²) in [6, 6.07) is 8.22. The van der Waals surface area contributed by atoms with Crippen molar-refractivity contribution in [3.63, 3.8) is 0 Å². The molecule has 21 heavy (non-hydrogen) atoms. The van der Waals surface area contributed by atoms with Gasteiger partial charge in [-0.2, -0.15) is 13.2 Å². The number of halogens is 3. The quantitative estimate of drug-likeness (QED) is 0.702. The van der Waals surface area contributed by atoms with E-state index in [1.807, 2.05) is 19.2 Å². The van der Waals surface area contributed by atoms with Gasteiger partial charge in [0.1, 0.15) is 6.61 Å². The first kappa shape index (κ1) is 18.0. The van der Waals surface area contributed by atoms with Crippen molar-refractivity contribution in [1.82, 2.24) is 5.32 Å². The lowest BCUT2D eigenvalue weighted by molar-refractivity contribution is -0.174. The molecule has 1 unspecified atom stereocenters. The molecule has 1 atom stereocenters. The number of benzene rings is 1. The van der Waals surface area contributed by atoms with Crippen LogP contribution in [0.2, 0.25) is 0 Å². The van der Waals surface area contributed by atoms with Crippen molar-refractivity contribution >= 4 is 0 Å². The van der Waals surface area contributed by atoms with Gasteiger partial charge in [-0.1, -0.05) is 24.3 Å². The van der Waals surface area contributed by atoms with Crippen LogP contribution in [0.25, 0.3) is 0 Å². The normalized spacial score (nSPS) is 13.4. The average Bonchev–Trinajstić information content (AvgIpc) is 2.39. The van der Waals surface area contributed by atoms with Crippen LogP contribution in [0.1, 0.15) is 24.0 Å². The first-order valence-electron chi connectivity index (χ1n) is 7.26. The van der Waals surface area contributed by atoms with E-state index in [-0.39, 0.29) is 6.61 Å². The van der Waals surface area contributed by atoms with Gasteiger partial charge in [-0.25, -0.2) is 0 Å². The van der Waals surface area contributed by atoms with Crippen LogP contribution in [-0.2, 0) is 11.2 Å². The van der Waals surface area contributed by atoms with E-state index in [1.165, 1.54) is 11.1 Å². The molecule has 1 rings (SSSR count). The fourth-order valence-electron chi connectivity index (χ4n) is 2.38. The molecule has 0 saturated carbocycles. The molecule has 0 amide bonds. The maximum atomic E-state index is 12.0. The molecule has 0 aromatic heterocycles. The van der Waals surface area contributed by atoms with Gasteiger partial charge in [-0.15, -0.1) is 0 Å². The molecule has 5 heteroatoms. The lowest BCUT2D eigenvalue weighted by atomic mass is 9.92. The van der Waals surface area contributed by atoms with Gasteiger partial charge in [-0.3, -0.25) is 0 Å². The molecule has 0 saturated heterocycles. The summed E-state index contributed by atoms with van der Waals surface area (Å²) in [7, 11) is 1.89. The van der Waals surface area contributed by atoms with Gasteiger partial charge in [0.05, 0.1) is 0 Å². The average molecular weight is 303 g/mol. The molecule has 0 spiro atoms. The topological polar surface area (TPSA) is 21.3 Å². The lowest BCUT2D eigenvalue weighted by Crippen LogP contribution is -2.22. The minimum atomic E-state index is -4.23. The summed E-state index contributed by atoms with van der Waals surface area (Å²) in [5.74, 6) is 0.408. The number of aryl methyl sites for hydroxylation is 1. The van der Waals surface area contributed by atoms with Crippen LogP contribution < -0.4 is 5.32 Å². The Morgan fingerprint density at radius 2 is 1.95 bits per heavy atom. The zero-order chi connectivity index (χ0) is 15.7. The Bertz CT molecular complexity index is 407. The second-order valence-corrected chi connectivity index (χ2v) is 5.36. The summed E-state index contributed by atoms with van der Waals surface area (Å²) < 4.78 is 40.5. The van der Waals surface area contributed by atoms with Crippen molar-refractivity contribution < 1.29 is 17.9 Å². The van der Waals surface area contributed by atoms with E-state index in [0.717, 1.165) is 19.4 Å². The highest BCUT2D eigenvalue weighted by molar-refractivity contribution is 5.25. The summed E-state index contributed by atoms with van der Waals surface area (Å²) in [6.07, 6.45) is -1.79. The maximum Gasteiger partial charge on any atom is 0.411 e. The number of hydrogen-bond donors (Lipinski definition) is 1. The van der Waals surface area contributed by atoms with E-state index in [4.69, 9.17) is 0 Å². The minimum absolute atomic E-state index is 0.160. The highest BCUT2D eigenvalue weighted by atomic mass is 19.4. The Balaban J connectivity index is 2.35. The van der Waals surface area contributed by atoms with Crippen LogP contribution in [0.3, 0.4) is 0 Å². The number of rotatable bonds is 9. The number of hydrogen-bond acceptors (Lipinski definition) is 2. The second-order valence-electron chi connectivity index (χ2n) is 5.36. The van der Waals surface area contributed by atoms with Crippen molar-refractivity contribution in [2.24, 2.45) is 5.92 Å². The third-order valence-corrected chi connectivity index (χ3v) is 3.43. The molecule has 0 bridgehead atoms. The van der Waals surface area contributed by atoms with E-state index >= 15 is 0 Å². The summed E-state index contributed by atoms with van der Waals surface area (Å²) in [5, 5.41) is 3.15. The molecule has 1 aromatic carbocycles. The van der Waals surface area contributed by atoms with E-state index in [0.29, 0.717) is 12.3 Å². The smallest absolute Gasteiger partial charge is 0.372 e. The third-order valence-electron chi connectivity index (χ3n) is 3.43. The van der Waals surface area contributed by atoms with Crippen LogP contribution in [0.5, 0.6) is 0 Å². The van der Waals surface area contributed by atoms with Gasteiger partial charge < -0.3 is 10.1 Å². The second kappa shape index (κ2) is 9.05. The van der Waals surface area contributed by atoms with Crippen LogP contribution in [0.15, 0.2) is 24.3 Å². The van der Waals surface area contributed by atoms with Gasteiger partial charge in [0, 0.05) is 6.61 Å². The molecule has 0 heterocycles. The van der Waals surface area contributed by atoms with E-state index < -0.39 is 12.8 Å². The zero-order valence-electron chi connectivity index (χ0n) is 12.7. The van der Waals surface area contributed by atoms with Crippen LogP contribution in [0, 0.1) is 12.8 Å². The monoisotopic (exact) mass is 303 g/mol. The maximum absolute atomic E-state index is 12.0. The van der Waals surface area contributed by atoms with Gasteiger partial charge in [-0.05, 0) is 56.8 Å². The predicted octanol–water partition coefficient (Wildman–Crippen LogP) is 3.73. The largest absolute Gasteiger partial charge is 0.411 e. The van der Waals surface area contributed by atoms with E-state index in [1.54, 1.807) is 0 Å². The molecule has 120 valence electrons. The first-order valence-corrected chi connectivity index (χ1v) is 7.26. The fraction of sp³-hybridized carbons (Fsp3) is 0.625. The number of ether oxygens (including phenoxy) is 1. The van der Waals surface area contributed by atoms with Crippen molar-refractivity contribution in [2.75, 3.05) is 26.8 Å². The van der Waals surface area contributed by atoms with Crippen LogP contribution >= 0.6 is 0 Å². The fourth-order valence-corrected chi connectivity index (χ4v) is 2.38. The summed E-state index contributed by atoms with van der Waals surface area (Å²) in [5.41, 5.74) is 2.56. The van der Waals surface area contributed by atoms with Gasteiger partial charge >= 0.3 is 6.18 Å². The lowest BCUT2D eigenvalue weighted by Gasteiger charge is -2.18. The molecule has 2 nitrogen and oxygen atoms in total. The van der Waals surface area contributed by atoms with Gasteiger partial charge in [0.2, 0.25) is 0 Å². The summed E-state index contributed by atoms with van der Waals surface area (Å²) in [4.78, 5) is 0. The number of alkyl halides is 3. The zero-order valence-corrected chi connectivity index (χ0v) is 12.7. The molecular weight excluding hydrogens is 279 g/mol. The van der Waals surface area contributed by atoms with Crippen molar-refractivity contribution in [3.05, 3.63) is 35.4 Å². The Labute approximate surface area is 124 Å². The molecule has 0 aliphatic carbocycles. The molecule has 0 aliphatic heterocycles. The van der Waals surface area contributed by atoms with Crippen LogP contribution in [-0.4, -0.2) is 33.0 Å². The Morgan fingerprint density at radius 1 is 1.24 bits per heavy atom. The third kappa shape index (κ3) is 8.07. The van der Waals surface area contributed by atoms with Gasteiger partial charge in [0.25, 0.3) is 0 Å².